The maximum absolute atomic E-state index is 11.1. The van der Waals surface area contributed by atoms with Crippen LogP contribution in [-0.2, 0) is 11.1 Å². The Morgan fingerprint density at radius 1 is 1.13 bits per heavy atom. The second-order valence-electron chi connectivity index (χ2n) is 3.17. The average Bonchev–Trinajstić information content (AvgIpc) is 2.23. The van der Waals surface area contributed by atoms with Crippen molar-refractivity contribution in [2.45, 2.75) is 4.90 Å². The first-order valence-electron chi connectivity index (χ1n) is 4.29. The predicted octanol–water partition coefficient (Wildman–Crippen LogP) is 1.58. The molecule has 0 spiro atoms. The molecule has 0 saturated carbocycles. The van der Waals surface area contributed by atoms with Gasteiger partial charge in [-0.1, -0.05) is 24.3 Å². The lowest BCUT2D eigenvalue weighted by Gasteiger charge is -2.08. The second-order valence-corrected chi connectivity index (χ2v) is 4.11. The van der Waals surface area contributed by atoms with E-state index in [1.54, 1.807) is 18.2 Å². The number of nitrogens with two attached hydrogens (primary N) is 2. The van der Waals surface area contributed by atoms with Crippen LogP contribution in [-0.4, -0.2) is 8.76 Å². The molecular formula is C10H10N2O2S. The highest BCUT2D eigenvalue weighted by atomic mass is 32.2. The molecule has 2 rings (SSSR count). The van der Waals surface area contributed by atoms with Crippen LogP contribution in [0.3, 0.4) is 0 Å². The maximum atomic E-state index is 11.1. The molecule has 0 aromatic heterocycles. The Bertz CT molecular complexity index is 554. The highest BCUT2D eigenvalue weighted by Crippen LogP contribution is 2.31. The molecule has 78 valence electrons. The molecule has 5 N–H and O–H groups in total. The van der Waals surface area contributed by atoms with Gasteiger partial charge >= 0.3 is 0 Å². The maximum Gasteiger partial charge on any atom is 0.187 e. The van der Waals surface area contributed by atoms with E-state index in [0.29, 0.717) is 22.1 Å². The molecule has 1 unspecified atom stereocenters. The minimum atomic E-state index is -2.06. The molecule has 0 heterocycles. The van der Waals surface area contributed by atoms with Gasteiger partial charge in [0.25, 0.3) is 0 Å². The monoisotopic (exact) mass is 222 g/mol. The fraction of sp³-hybridized carbons (Fsp3) is 0. The van der Waals surface area contributed by atoms with Gasteiger partial charge < -0.3 is 16.0 Å². The zero-order valence-corrected chi connectivity index (χ0v) is 8.62. The Hall–Kier alpha value is -1.59. The minimum Gasteiger partial charge on any atom is -0.397 e. The second kappa shape index (κ2) is 3.52. The predicted molar refractivity (Wildman–Crippen MR) is 61.8 cm³/mol. The summed E-state index contributed by atoms with van der Waals surface area (Å²) in [6, 6.07) is 8.55. The van der Waals surface area contributed by atoms with Gasteiger partial charge in [-0.25, -0.2) is 4.21 Å². The number of anilines is 2. The lowest BCUT2D eigenvalue weighted by molar-refractivity contribution is 0.565. The van der Waals surface area contributed by atoms with E-state index in [9.17, 15) is 4.21 Å². The summed E-state index contributed by atoms with van der Waals surface area (Å²) in [6.07, 6.45) is 0. The van der Waals surface area contributed by atoms with Crippen molar-refractivity contribution in [3.63, 3.8) is 0 Å². The topological polar surface area (TPSA) is 89.3 Å². The highest BCUT2D eigenvalue weighted by Gasteiger charge is 2.10. The van der Waals surface area contributed by atoms with E-state index in [4.69, 9.17) is 16.0 Å². The summed E-state index contributed by atoms with van der Waals surface area (Å²) >= 11 is -2.06. The van der Waals surface area contributed by atoms with Gasteiger partial charge in [0.05, 0.1) is 16.3 Å². The molecule has 4 nitrogen and oxygen atoms in total. The summed E-state index contributed by atoms with van der Waals surface area (Å²) in [5.41, 5.74) is 12.2. The van der Waals surface area contributed by atoms with Gasteiger partial charge in [0.1, 0.15) is 0 Å². The number of hydrogen-bond donors (Lipinski definition) is 3. The summed E-state index contributed by atoms with van der Waals surface area (Å²) in [4.78, 5) is 0.289. The number of nitrogen functional groups attached to an aromatic ring is 2. The minimum absolute atomic E-state index is 0.289. The van der Waals surface area contributed by atoms with Gasteiger partial charge in [0.2, 0.25) is 0 Å². The Morgan fingerprint density at radius 2 is 1.73 bits per heavy atom. The summed E-state index contributed by atoms with van der Waals surface area (Å²) < 4.78 is 20.2. The molecule has 2 aromatic rings. The highest BCUT2D eigenvalue weighted by molar-refractivity contribution is 7.79. The van der Waals surface area contributed by atoms with Gasteiger partial charge in [-0.05, 0) is 6.07 Å². The van der Waals surface area contributed by atoms with Crippen LogP contribution in [0.1, 0.15) is 0 Å². The first-order chi connectivity index (χ1) is 7.11. The molecule has 2 aromatic carbocycles. The smallest absolute Gasteiger partial charge is 0.187 e. The number of rotatable bonds is 1. The quantitative estimate of drug-likeness (QED) is 0.505. The van der Waals surface area contributed by atoms with Crippen LogP contribution >= 0.6 is 0 Å². The summed E-state index contributed by atoms with van der Waals surface area (Å²) in [5, 5.41) is 1.36. The van der Waals surface area contributed by atoms with Crippen LogP contribution in [0.5, 0.6) is 0 Å². The van der Waals surface area contributed by atoms with Crippen molar-refractivity contribution >= 4 is 33.2 Å². The van der Waals surface area contributed by atoms with Gasteiger partial charge in [-0.2, -0.15) is 0 Å². The molecule has 5 heteroatoms. The largest absolute Gasteiger partial charge is 0.397 e. The number of fused-ring (bicyclic) bond motifs is 1. The van der Waals surface area contributed by atoms with Gasteiger partial charge in [0.15, 0.2) is 11.1 Å². The van der Waals surface area contributed by atoms with Crippen molar-refractivity contribution < 1.29 is 8.76 Å². The lowest BCUT2D eigenvalue weighted by Crippen LogP contribution is -1.99. The SMILES string of the molecule is Nc1cc(S(=O)O)c2ccccc2c1N. The van der Waals surface area contributed by atoms with Crippen LogP contribution in [0.15, 0.2) is 35.2 Å². The normalized spacial score (nSPS) is 12.9. The molecule has 0 aliphatic carbocycles. The van der Waals surface area contributed by atoms with Crippen LogP contribution in [0.25, 0.3) is 10.8 Å². The van der Waals surface area contributed by atoms with E-state index >= 15 is 0 Å². The van der Waals surface area contributed by atoms with Crippen LogP contribution in [0, 0.1) is 0 Å². The molecule has 0 saturated heterocycles. The Balaban J connectivity index is 2.94. The third kappa shape index (κ3) is 1.55. The van der Waals surface area contributed by atoms with Crippen molar-refractivity contribution in [1.82, 2.24) is 0 Å². The third-order valence-corrected chi connectivity index (χ3v) is 2.98. The van der Waals surface area contributed by atoms with Crippen molar-refractivity contribution in [3.8, 4) is 0 Å². The molecule has 0 fully saturated rings. The fourth-order valence-corrected chi connectivity index (χ4v) is 2.12. The molecule has 0 amide bonds. The van der Waals surface area contributed by atoms with Gasteiger partial charge in [-0.15, -0.1) is 0 Å². The molecular weight excluding hydrogens is 212 g/mol. The van der Waals surface area contributed by atoms with E-state index < -0.39 is 11.1 Å². The molecule has 15 heavy (non-hydrogen) atoms. The van der Waals surface area contributed by atoms with Crippen LogP contribution in [0.2, 0.25) is 0 Å². The van der Waals surface area contributed by atoms with Crippen LogP contribution in [0.4, 0.5) is 11.4 Å². The number of hydrogen-bond acceptors (Lipinski definition) is 3. The van der Waals surface area contributed by atoms with Crippen molar-refractivity contribution in [2.24, 2.45) is 0 Å². The lowest BCUT2D eigenvalue weighted by atomic mass is 10.1. The van der Waals surface area contributed by atoms with Crippen molar-refractivity contribution in [2.75, 3.05) is 11.5 Å². The molecule has 0 radical (unpaired) electrons. The van der Waals surface area contributed by atoms with E-state index in [-0.39, 0.29) is 4.90 Å². The van der Waals surface area contributed by atoms with Crippen molar-refractivity contribution in [3.05, 3.63) is 30.3 Å². The van der Waals surface area contributed by atoms with E-state index in [2.05, 4.69) is 0 Å². The van der Waals surface area contributed by atoms with E-state index in [0.717, 1.165) is 0 Å². The first-order valence-corrected chi connectivity index (χ1v) is 5.39. The molecule has 0 aliphatic heterocycles. The van der Waals surface area contributed by atoms with Gasteiger partial charge in [0, 0.05) is 10.8 Å². The Kier molecular flexibility index (Phi) is 2.34. The summed E-state index contributed by atoms with van der Waals surface area (Å²) in [6.45, 7) is 0. The summed E-state index contributed by atoms with van der Waals surface area (Å²) in [5.74, 6) is 0. The number of benzene rings is 2. The van der Waals surface area contributed by atoms with Crippen LogP contribution < -0.4 is 11.5 Å². The van der Waals surface area contributed by atoms with E-state index in [1.165, 1.54) is 6.07 Å². The zero-order valence-electron chi connectivity index (χ0n) is 7.81. The Labute approximate surface area is 89.2 Å². The molecule has 0 aliphatic rings. The molecule has 0 bridgehead atoms. The first kappa shape index (κ1) is 9.95. The average molecular weight is 222 g/mol. The van der Waals surface area contributed by atoms with Crippen molar-refractivity contribution in [1.29, 1.82) is 0 Å². The third-order valence-electron chi connectivity index (χ3n) is 2.27. The fourth-order valence-electron chi connectivity index (χ4n) is 1.53. The zero-order chi connectivity index (χ0) is 11.0. The van der Waals surface area contributed by atoms with E-state index in [1.807, 2.05) is 6.07 Å². The standard InChI is InChI=1S/C10H10N2O2S/c11-8-5-9(15(13)14)6-3-1-2-4-7(6)10(8)12/h1-5H,11-12H2,(H,13,14). The molecule has 1 atom stereocenters. The van der Waals surface area contributed by atoms with Gasteiger partial charge in [-0.3, -0.25) is 0 Å². The Morgan fingerprint density at radius 3 is 2.33 bits per heavy atom. The summed E-state index contributed by atoms with van der Waals surface area (Å²) in [7, 11) is 0.